The van der Waals surface area contributed by atoms with E-state index in [4.69, 9.17) is 15.7 Å². The molecule has 0 fully saturated rings. The molecule has 2 aromatic carbocycles. The maximum absolute atomic E-state index is 9.02. The number of hydrogen-bond donors (Lipinski definition) is 1. The summed E-state index contributed by atoms with van der Waals surface area (Å²) in [5.74, 6) is 1.20. The highest BCUT2D eigenvalue weighted by Crippen LogP contribution is 2.32. The molecule has 0 heterocycles. The molecular weight excluding hydrogens is 304 g/mol. The van der Waals surface area contributed by atoms with Crippen molar-refractivity contribution in [2.75, 3.05) is 0 Å². The molecule has 0 saturated heterocycles. The van der Waals surface area contributed by atoms with Gasteiger partial charge in [0.2, 0.25) is 0 Å². The Morgan fingerprint density at radius 1 is 1.21 bits per heavy atom. The summed E-state index contributed by atoms with van der Waals surface area (Å²) in [6, 6.07) is 14.9. The van der Waals surface area contributed by atoms with E-state index in [9.17, 15) is 0 Å². The number of hydrogen-bond acceptors (Lipinski definition) is 3. The molecule has 1 unspecified atom stereocenters. The first-order valence-corrected chi connectivity index (χ1v) is 6.63. The zero-order chi connectivity index (χ0) is 13.8. The molecule has 0 aromatic heterocycles. The van der Waals surface area contributed by atoms with Crippen molar-refractivity contribution in [3.8, 4) is 17.6 Å². The molecule has 2 N–H and O–H groups in total. The Morgan fingerprint density at radius 2 is 1.95 bits per heavy atom. The van der Waals surface area contributed by atoms with Crippen LogP contribution < -0.4 is 10.5 Å². The molecule has 0 aliphatic rings. The number of benzene rings is 2. The minimum absolute atomic E-state index is 0.0308. The van der Waals surface area contributed by atoms with Crippen LogP contribution >= 0.6 is 15.9 Å². The fourth-order valence-corrected chi connectivity index (χ4v) is 2.13. The number of nitrogens with two attached hydrogens (primary N) is 1. The monoisotopic (exact) mass is 316 g/mol. The highest BCUT2D eigenvalue weighted by atomic mass is 79.9. The van der Waals surface area contributed by atoms with Gasteiger partial charge in [-0.25, -0.2) is 0 Å². The lowest BCUT2D eigenvalue weighted by atomic mass is 10.1. The molecule has 96 valence electrons. The molecule has 0 radical (unpaired) electrons. The van der Waals surface area contributed by atoms with Gasteiger partial charge in [0.25, 0.3) is 0 Å². The second kappa shape index (κ2) is 5.87. The van der Waals surface area contributed by atoms with Crippen molar-refractivity contribution in [2.24, 2.45) is 5.73 Å². The Labute approximate surface area is 120 Å². The van der Waals surface area contributed by atoms with Gasteiger partial charge in [-0.3, -0.25) is 0 Å². The summed E-state index contributed by atoms with van der Waals surface area (Å²) in [6.07, 6.45) is 0. The first-order chi connectivity index (χ1) is 9.11. The SMILES string of the molecule is CC(N)c1ccc(Oc2ccccc2C#N)c(Br)c1. The molecule has 0 saturated carbocycles. The maximum Gasteiger partial charge on any atom is 0.145 e. The van der Waals surface area contributed by atoms with Crippen molar-refractivity contribution in [1.82, 2.24) is 0 Å². The van der Waals surface area contributed by atoms with E-state index >= 15 is 0 Å². The zero-order valence-corrected chi connectivity index (χ0v) is 12.0. The molecule has 0 aliphatic heterocycles. The first-order valence-electron chi connectivity index (χ1n) is 5.84. The average molecular weight is 317 g/mol. The Hall–Kier alpha value is -1.83. The highest BCUT2D eigenvalue weighted by molar-refractivity contribution is 9.10. The van der Waals surface area contributed by atoms with Crippen LogP contribution in [0.3, 0.4) is 0 Å². The lowest BCUT2D eigenvalue weighted by Crippen LogP contribution is -2.04. The molecule has 3 nitrogen and oxygen atoms in total. The third-order valence-corrected chi connectivity index (χ3v) is 3.33. The van der Waals surface area contributed by atoms with E-state index in [2.05, 4.69) is 22.0 Å². The molecule has 2 aromatic rings. The minimum atomic E-state index is -0.0308. The van der Waals surface area contributed by atoms with E-state index in [1.165, 1.54) is 0 Å². The van der Waals surface area contributed by atoms with E-state index < -0.39 is 0 Å². The third-order valence-electron chi connectivity index (χ3n) is 2.71. The van der Waals surface area contributed by atoms with Crippen molar-refractivity contribution < 1.29 is 4.74 Å². The fraction of sp³-hybridized carbons (Fsp3) is 0.133. The minimum Gasteiger partial charge on any atom is -0.455 e. The Morgan fingerprint density at radius 3 is 2.58 bits per heavy atom. The molecule has 0 aliphatic carbocycles. The Bertz CT molecular complexity index is 632. The number of ether oxygens (including phenoxy) is 1. The van der Waals surface area contributed by atoms with E-state index in [0.29, 0.717) is 17.1 Å². The summed E-state index contributed by atoms with van der Waals surface area (Å²) >= 11 is 3.46. The molecule has 0 bridgehead atoms. The van der Waals surface area contributed by atoms with Gasteiger partial charge in [-0.15, -0.1) is 0 Å². The van der Waals surface area contributed by atoms with E-state index in [1.54, 1.807) is 18.2 Å². The number of halogens is 1. The number of nitrogens with zero attached hydrogens (tertiary/aromatic N) is 1. The lowest BCUT2D eigenvalue weighted by Gasteiger charge is -2.11. The van der Waals surface area contributed by atoms with Crippen molar-refractivity contribution in [1.29, 1.82) is 5.26 Å². The predicted octanol–water partition coefficient (Wildman–Crippen LogP) is 4.13. The van der Waals surface area contributed by atoms with Crippen LogP contribution in [0.4, 0.5) is 0 Å². The molecule has 0 spiro atoms. The highest BCUT2D eigenvalue weighted by Gasteiger charge is 2.08. The van der Waals surface area contributed by atoms with Gasteiger partial charge in [0, 0.05) is 6.04 Å². The standard InChI is InChI=1S/C15H13BrN2O/c1-10(18)11-6-7-15(13(16)8-11)19-14-5-3-2-4-12(14)9-17/h2-8,10H,18H2,1H3. The van der Waals surface area contributed by atoms with Crippen molar-refractivity contribution in [3.63, 3.8) is 0 Å². The second-order valence-electron chi connectivity index (χ2n) is 4.19. The van der Waals surface area contributed by atoms with Gasteiger partial charge in [0.15, 0.2) is 0 Å². The van der Waals surface area contributed by atoms with Crippen LogP contribution in [0.2, 0.25) is 0 Å². The molecule has 1 atom stereocenters. The largest absolute Gasteiger partial charge is 0.455 e. The van der Waals surface area contributed by atoms with Crippen LogP contribution in [-0.4, -0.2) is 0 Å². The summed E-state index contributed by atoms with van der Waals surface area (Å²) in [7, 11) is 0. The fourth-order valence-electron chi connectivity index (χ4n) is 1.65. The van der Waals surface area contributed by atoms with Gasteiger partial charge in [0.1, 0.15) is 17.6 Å². The van der Waals surface area contributed by atoms with E-state index in [1.807, 2.05) is 31.2 Å². The van der Waals surface area contributed by atoms with Gasteiger partial charge in [-0.1, -0.05) is 18.2 Å². The van der Waals surface area contributed by atoms with Gasteiger partial charge in [-0.05, 0) is 52.7 Å². The summed E-state index contributed by atoms with van der Waals surface area (Å²) < 4.78 is 6.57. The van der Waals surface area contributed by atoms with Crippen LogP contribution in [0, 0.1) is 11.3 Å². The number of para-hydroxylation sites is 1. The second-order valence-corrected chi connectivity index (χ2v) is 5.04. The third kappa shape index (κ3) is 3.14. The molecule has 2 rings (SSSR count). The average Bonchev–Trinajstić information content (AvgIpc) is 2.41. The summed E-state index contributed by atoms with van der Waals surface area (Å²) in [4.78, 5) is 0. The summed E-state index contributed by atoms with van der Waals surface area (Å²) in [6.45, 7) is 1.92. The topological polar surface area (TPSA) is 59.0 Å². The number of rotatable bonds is 3. The smallest absolute Gasteiger partial charge is 0.145 e. The van der Waals surface area contributed by atoms with Gasteiger partial charge >= 0.3 is 0 Å². The first kappa shape index (κ1) is 13.6. The van der Waals surface area contributed by atoms with Crippen molar-refractivity contribution in [2.45, 2.75) is 13.0 Å². The van der Waals surface area contributed by atoms with E-state index in [-0.39, 0.29) is 6.04 Å². The summed E-state index contributed by atoms with van der Waals surface area (Å²) in [5, 5.41) is 9.02. The Kier molecular flexibility index (Phi) is 4.20. The number of nitriles is 1. The van der Waals surface area contributed by atoms with Crippen LogP contribution in [0.25, 0.3) is 0 Å². The molecule has 4 heteroatoms. The lowest BCUT2D eigenvalue weighted by molar-refractivity contribution is 0.477. The normalized spacial score (nSPS) is 11.7. The Balaban J connectivity index is 2.32. The van der Waals surface area contributed by atoms with Crippen LogP contribution in [-0.2, 0) is 0 Å². The summed E-state index contributed by atoms with van der Waals surface area (Å²) in [5.41, 5.74) is 7.35. The van der Waals surface area contributed by atoms with Crippen molar-refractivity contribution >= 4 is 15.9 Å². The maximum atomic E-state index is 9.02. The van der Waals surface area contributed by atoms with Crippen LogP contribution in [0.1, 0.15) is 24.1 Å². The van der Waals surface area contributed by atoms with Gasteiger partial charge in [0.05, 0.1) is 10.0 Å². The molecular formula is C15H13BrN2O. The predicted molar refractivity (Wildman–Crippen MR) is 78.0 cm³/mol. The van der Waals surface area contributed by atoms with Crippen LogP contribution in [0.5, 0.6) is 11.5 Å². The van der Waals surface area contributed by atoms with E-state index in [0.717, 1.165) is 10.0 Å². The van der Waals surface area contributed by atoms with Crippen LogP contribution in [0.15, 0.2) is 46.9 Å². The molecule has 19 heavy (non-hydrogen) atoms. The van der Waals surface area contributed by atoms with Crippen molar-refractivity contribution in [3.05, 3.63) is 58.1 Å². The quantitative estimate of drug-likeness (QED) is 0.926. The van der Waals surface area contributed by atoms with Gasteiger partial charge in [-0.2, -0.15) is 5.26 Å². The molecule has 0 amide bonds. The van der Waals surface area contributed by atoms with Gasteiger partial charge < -0.3 is 10.5 Å². The zero-order valence-electron chi connectivity index (χ0n) is 10.4.